The number of carbonyl (C=O) groups is 1. The summed E-state index contributed by atoms with van der Waals surface area (Å²) in [4.78, 5) is 39.2. The lowest BCUT2D eigenvalue weighted by Crippen LogP contribution is -2.26. The molecule has 0 fully saturated rings. The van der Waals surface area contributed by atoms with E-state index in [1.54, 1.807) is 38.1 Å². The molecular weight excluding hydrogens is 408 g/mol. The number of para-hydroxylation sites is 2. The first-order valence-electron chi connectivity index (χ1n) is 10.2. The summed E-state index contributed by atoms with van der Waals surface area (Å²) in [6.45, 7) is 3.52. The van der Waals surface area contributed by atoms with E-state index < -0.39 is 11.9 Å². The molecule has 32 heavy (non-hydrogen) atoms. The third-order valence-corrected chi connectivity index (χ3v) is 5.56. The second kappa shape index (κ2) is 8.58. The Morgan fingerprint density at radius 1 is 0.812 bits per heavy atom. The highest BCUT2D eigenvalue weighted by Crippen LogP contribution is 2.29. The topological polar surface area (TPSA) is 102 Å². The largest absolute Gasteiger partial charge is 0.469 e. The van der Waals surface area contributed by atoms with E-state index in [0.717, 1.165) is 0 Å². The van der Waals surface area contributed by atoms with Crippen molar-refractivity contribution in [1.29, 1.82) is 0 Å². The molecule has 164 valence electrons. The molecule has 0 bridgehead atoms. The summed E-state index contributed by atoms with van der Waals surface area (Å²) in [5.74, 6) is -1.28. The van der Waals surface area contributed by atoms with Gasteiger partial charge in [-0.3, -0.25) is 24.6 Å². The molecule has 0 aliphatic rings. The van der Waals surface area contributed by atoms with Crippen LogP contribution < -0.4 is 11.1 Å². The number of methoxy groups -OCH3 is 1. The molecule has 0 radical (unpaired) electrons. The summed E-state index contributed by atoms with van der Waals surface area (Å²) in [5, 5.41) is 6.16. The van der Waals surface area contributed by atoms with Gasteiger partial charge in [0.25, 0.3) is 11.1 Å². The molecule has 2 aromatic carbocycles. The Hall–Kier alpha value is -4.07. The molecule has 2 heterocycles. The Kier molecular flexibility index (Phi) is 5.68. The SMILES string of the molecule is COC(=O)CC(c1c(C)[nH]n(-c2ccccc2)c1=O)c1c(C)[nH]n(-c2ccccc2)c1=O. The van der Waals surface area contributed by atoms with Crippen LogP contribution in [0, 0.1) is 13.8 Å². The highest BCUT2D eigenvalue weighted by Gasteiger charge is 2.31. The van der Waals surface area contributed by atoms with Gasteiger partial charge in [0.2, 0.25) is 0 Å². The van der Waals surface area contributed by atoms with Crippen LogP contribution in [0.2, 0.25) is 0 Å². The first-order valence-corrected chi connectivity index (χ1v) is 10.2. The lowest BCUT2D eigenvalue weighted by molar-refractivity contribution is -0.140. The first-order chi connectivity index (χ1) is 15.4. The summed E-state index contributed by atoms with van der Waals surface area (Å²) in [6.07, 6.45) is -0.137. The van der Waals surface area contributed by atoms with Gasteiger partial charge in [0, 0.05) is 28.4 Å². The minimum atomic E-state index is -0.773. The summed E-state index contributed by atoms with van der Waals surface area (Å²) in [7, 11) is 1.29. The first kappa shape index (κ1) is 21.2. The zero-order valence-corrected chi connectivity index (χ0v) is 18.1. The number of aromatic nitrogens is 4. The quantitative estimate of drug-likeness (QED) is 0.457. The van der Waals surface area contributed by atoms with Crippen molar-refractivity contribution in [2.24, 2.45) is 0 Å². The van der Waals surface area contributed by atoms with E-state index in [0.29, 0.717) is 33.9 Å². The minimum Gasteiger partial charge on any atom is -0.469 e. The Labute approximate surface area is 184 Å². The van der Waals surface area contributed by atoms with E-state index in [1.165, 1.54) is 16.5 Å². The Morgan fingerprint density at radius 3 is 1.59 bits per heavy atom. The molecule has 0 aliphatic carbocycles. The van der Waals surface area contributed by atoms with Crippen molar-refractivity contribution in [3.8, 4) is 11.4 Å². The maximum absolute atomic E-state index is 13.4. The molecule has 8 nitrogen and oxygen atoms in total. The standard InChI is InChI=1S/C24H24N4O4/c1-15-21(23(30)27(25-15)17-10-6-4-7-11-17)19(14-20(29)32-3)22-16(2)26-28(24(22)31)18-12-8-5-9-13-18/h4-13,19,25-26H,14H2,1-3H3. The van der Waals surface area contributed by atoms with Crippen LogP contribution in [0.25, 0.3) is 11.4 Å². The van der Waals surface area contributed by atoms with Gasteiger partial charge in [-0.25, -0.2) is 9.36 Å². The molecule has 0 amide bonds. The summed E-state index contributed by atoms with van der Waals surface area (Å²) in [6, 6.07) is 18.3. The number of H-pyrrole nitrogens is 2. The lowest BCUT2D eigenvalue weighted by atomic mass is 9.89. The van der Waals surface area contributed by atoms with Gasteiger partial charge in [-0.1, -0.05) is 36.4 Å². The minimum absolute atomic E-state index is 0.137. The summed E-state index contributed by atoms with van der Waals surface area (Å²) >= 11 is 0. The highest BCUT2D eigenvalue weighted by atomic mass is 16.5. The van der Waals surface area contributed by atoms with Crippen molar-refractivity contribution in [2.75, 3.05) is 7.11 Å². The average Bonchev–Trinajstić information content (AvgIpc) is 3.27. The number of hydrogen-bond donors (Lipinski definition) is 2. The van der Waals surface area contributed by atoms with Crippen LogP contribution in [0.3, 0.4) is 0 Å². The zero-order chi connectivity index (χ0) is 22.8. The van der Waals surface area contributed by atoms with Crippen molar-refractivity contribution < 1.29 is 9.53 Å². The number of rotatable bonds is 6. The number of benzene rings is 2. The van der Waals surface area contributed by atoms with Gasteiger partial charge < -0.3 is 4.74 Å². The molecule has 4 rings (SSSR count). The number of nitrogens with one attached hydrogen (secondary N) is 2. The van der Waals surface area contributed by atoms with Gasteiger partial charge in [-0.05, 0) is 38.1 Å². The van der Waals surface area contributed by atoms with Crippen LogP contribution in [0.4, 0.5) is 0 Å². The van der Waals surface area contributed by atoms with Crippen molar-refractivity contribution in [1.82, 2.24) is 19.6 Å². The molecule has 0 spiro atoms. The van der Waals surface area contributed by atoms with E-state index in [9.17, 15) is 14.4 Å². The van der Waals surface area contributed by atoms with Gasteiger partial charge in [-0.2, -0.15) is 0 Å². The number of aromatic amines is 2. The number of hydrogen-bond acceptors (Lipinski definition) is 4. The number of carbonyl (C=O) groups excluding carboxylic acids is 1. The summed E-state index contributed by atoms with van der Waals surface area (Å²) in [5.41, 5.74) is 2.59. The maximum atomic E-state index is 13.4. The fourth-order valence-electron chi connectivity index (χ4n) is 4.06. The van der Waals surface area contributed by atoms with Gasteiger partial charge in [-0.15, -0.1) is 0 Å². The third kappa shape index (κ3) is 3.71. The molecule has 0 saturated carbocycles. The van der Waals surface area contributed by atoms with Crippen molar-refractivity contribution >= 4 is 5.97 Å². The second-order valence-electron chi connectivity index (χ2n) is 7.59. The molecule has 0 saturated heterocycles. The Bertz CT molecular complexity index is 1260. The normalized spacial score (nSPS) is 11.1. The molecule has 0 aliphatic heterocycles. The molecular formula is C24H24N4O4. The summed E-state index contributed by atoms with van der Waals surface area (Å²) < 4.78 is 7.74. The van der Waals surface area contributed by atoms with Crippen LogP contribution in [0.15, 0.2) is 70.3 Å². The molecule has 8 heteroatoms. The smallest absolute Gasteiger partial charge is 0.306 e. The zero-order valence-electron chi connectivity index (χ0n) is 18.1. The van der Waals surface area contributed by atoms with Crippen LogP contribution in [0.5, 0.6) is 0 Å². The maximum Gasteiger partial charge on any atom is 0.306 e. The molecule has 2 aromatic heterocycles. The molecule has 0 atom stereocenters. The van der Waals surface area contributed by atoms with Gasteiger partial charge in [0.15, 0.2) is 0 Å². The van der Waals surface area contributed by atoms with E-state index in [1.807, 2.05) is 36.4 Å². The third-order valence-electron chi connectivity index (χ3n) is 5.56. The van der Waals surface area contributed by atoms with Crippen LogP contribution >= 0.6 is 0 Å². The van der Waals surface area contributed by atoms with E-state index in [2.05, 4.69) is 10.2 Å². The van der Waals surface area contributed by atoms with Crippen LogP contribution in [-0.4, -0.2) is 32.6 Å². The fraction of sp³-hybridized carbons (Fsp3) is 0.208. The predicted molar refractivity (Wildman–Crippen MR) is 121 cm³/mol. The number of aryl methyl sites for hydroxylation is 2. The predicted octanol–water partition coefficient (Wildman–Crippen LogP) is 2.96. The fourth-order valence-corrected chi connectivity index (χ4v) is 4.06. The number of esters is 1. The van der Waals surface area contributed by atoms with E-state index >= 15 is 0 Å². The number of nitrogens with zero attached hydrogens (tertiary/aromatic N) is 2. The van der Waals surface area contributed by atoms with E-state index in [4.69, 9.17) is 4.74 Å². The highest BCUT2D eigenvalue weighted by molar-refractivity contribution is 5.71. The average molecular weight is 432 g/mol. The van der Waals surface area contributed by atoms with Crippen LogP contribution in [-0.2, 0) is 9.53 Å². The molecule has 0 unspecified atom stereocenters. The second-order valence-corrected chi connectivity index (χ2v) is 7.59. The van der Waals surface area contributed by atoms with Gasteiger partial charge >= 0.3 is 5.97 Å². The van der Waals surface area contributed by atoms with Crippen molar-refractivity contribution in [3.63, 3.8) is 0 Å². The Morgan fingerprint density at radius 2 is 1.22 bits per heavy atom. The van der Waals surface area contributed by atoms with Crippen LogP contribution in [0.1, 0.15) is 34.9 Å². The van der Waals surface area contributed by atoms with Crippen molar-refractivity contribution in [2.45, 2.75) is 26.2 Å². The van der Waals surface area contributed by atoms with Gasteiger partial charge in [0.1, 0.15) is 0 Å². The van der Waals surface area contributed by atoms with Gasteiger partial charge in [0.05, 0.1) is 24.9 Å². The Balaban J connectivity index is 1.91. The molecule has 4 aromatic rings. The monoisotopic (exact) mass is 432 g/mol. The number of ether oxygens (including phenoxy) is 1. The lowest BCUT2D eigenvalue weighted by Gasteiger charge is -2.13. The van der Waals surface area contributed by atoms with E-state index in [-0.39, 0.29) is 17.5 Å². The van der Waals surface area contributed by atoms with Crippen molar-refractivity contribution in [3.05, 3.63) is 104 Å². The molecule has 2 N–H and O–H groups in total.